The van der Waals surface area contributed by atoms with Crippen LogP contribution in [0, 0.1) is 0 Å². The number of nitrogens with one attached hydrogen (secondary N) is 2. The van der Waals surface area contributed by atoms with E-state index in [4.69, 9.17) is 4.74 Å². The Balaban J connectivity index is 1.69. The molecule has 2 rings (SSSR count). The highest BCUT2D eigenvalue weighted by atomic mass is 16.5. The Morgan fingerprint density at radius 2 is 2.50 bits per heavy atom. The van der Waals surface area contributed by atoms with Crippen LogP contribution in [0.2, 0.25) is 0 Å². The van der Waals surface area contributed by atoms with E-state index in [1.807, 2.05) is 6.92 Å². The van der Waals surface area contributed by atoms with E-state index in [0.29, 0.717) is 11.7 Å². The average molecular weight is 142 g/mol. The van der Waals surface area contributed by atoms with Gasteiger partial charge in [-0.3, -0.25) is 10.6 Å². The summed E-state index contributed by atoms with van der Waals surface area (Å²) in [5.74, 6) is 0. The highest BCUT2D eigenvalue weighted by Crippen LogP contribution is 2.32. The average Bonchev–Trinajstić information content (AvgIpc) is 2.56. The van der Waals surface area contributed by atoms with Crippen LogP contribution in [0.15, 0.2) is 0 Å². The van der Waals surface area contributed by atoms with Crippen LogP contribution in [0.1, 0.15) is 13.3 Å². The number of hydrogen-bond donors (Lipinski definition) is 2. The van der Waals surface area contributed by atoms with Crippen molar-refractivity contribution in [3.05, 3.63) is 0 Å². The monoisotopic (exact) mass is 142 g/mol. The molecule has 0 aromatic carbocycles. The van der Waals surface area contributed by atoms with Crippen LogP contribution in [0.4, 0.5) is 0 Å². The summed E-state index contributed by atoms with van der Waals surface area (Å²) in [6.45, 7) is 4.89. The molecule has 2 saturated heterocycles. The van der Waals surface area contributed by atoms with Gasteiger partial charge in [0.1, 0.15) is 0 Å². The third-order valence-corrected chi connectivity index (χ3v) is 2.39. The molecule has 0 aromatic heterocycles. The van der Waals surface area contributed by atoms with E-state index < -0.39 is 0 Å². The lowest BCUT2D eigenvalue weighted by molar-refractivity contribution is 0.139. The molecule has 2 heterocycles. The minimum Gasteiger partial charge on any atom is -0.380 e. The third-order valence-electron chi connectivity index (χ3n) is 2.39. The van der Waals surface area contributed by atoms with Crippen molar-refractivity contribution in [1.82, 2.24) is 10.6 Å². The van der Waals surface area contributed by atoms with E-state index in [1.165, 1.54) is 6.42 Å². The van der Waals surface area contributed by atoms with Crippen LogP contribution in [-0.2, 0) is 4.74 Å². The van der Waals surface area contributed by atoms with Gasteiger partial charge >= 0.3 is 0 Å². The maximum atomic E-state index is 5.29. The van der Waals surface area contributed by atoms with E-state index >= 15 is 0 Å². The van der Waals surface area contributed by atoms with Crippen LogP contribution in [0.25, 0.3) is 0 Å². The molecule has 2 fully saturated rings. The van der Waals surface area contributed by atoms with Crippen LogP contribution < -0.4 is 10.6 Å². The fraction of sp³-hybridized carbons (Fsp3) is 1.00. The van der Waals surface area contributed by atoms with Gasteiger partial charge in [-0.25, -0.2) is 0 Å². The van der Waals surface area contributed by atoms with Crippen LogP contribution in [0.5, 0.6) is 0 Å². The molecule has 0 aromatic rings. The molecule has 58 valence electrons. The molecule has 0 amide bonds. The molecule has 2 aliphatic rings. The number of rotatable bonds is 3. The zero-order valence-electron chi connectivity index (χ0n) is 6.31. The van der Waals surface area contributed by atoms with E-state index in [1.54, 1.807) is 0 Å². The van der Waals surface area contributed by atoms with Crippen molar-refractivity contribution in [3.63, 3.8) is 0 Å². The third kappa shape index (κ3) is 0.856. The molecular weight excluding hydrogens is 128 g/mol. The number of hydrogen-bond acceptors (Lipinski definition) is 3. The summed E-state index contributed by atoms with van der Waals surface area (Å²) in [6.07, 6.45) is 1.27. The topological polar surface area (TPSA) is 43.2 Å². The lowest BCUT2D eigenvalue weighted by Gasteiger charge is -2.26. The summed E-state index contributed by atoms with van der Waals surface area (Å²) >= 11 is 0. The summed E-state index contributed by atoms with van der Waals surface area (Å²) in [5, 5.41) is 6.74. The van der Waals surface area contributed by atoms with Gasteiger partial charge in [-0.1, -0.05) is 0 Å². The quantitative estimate of drug-likeness (QED) is 0.531. The highest BCUT2D eigenvalue weighted by molar-refractivity contribution is 5.17. The maximum Gasteiger partial charge on any atom is 0.0884 e. The molecular formula is C7H14N2O. The smallest absolute Gasteiger partial charge is 0.0884 e. The minimum atomic E-state index is 0.315. The van der Waals surface area contributed by atoms with Crippen LogP contribution in [-0.4, -0.2) is 31.5 Å². The molecule has 3 heteroatoms. The Labute approximate surface area is 61.1 Å². The molecule has 2 N–H and O–H groups in total. The van der Waals surface area contributed by atoms with Gasteiger partial charge in [-0.05, 0) is 19.9 Å². The van der Waals surface area contributed by atoms with Crippen LogP contribution in [0.3, 0.4) is 0 Å². The van der Waals surface area contributed by atoms with Crippen molar-refractivity contribution in [2.24, 2.45) is 0 Å². The van der Waals surface area contributed by atoms with E-state index in [2.05, 4.69) is 10.6 Å². The Morgan fingerprint density at radius 1 is 1.70 bits per heavy atom. The predicted molar refractivity (Wildman–Crippen MR) is 38.8 cm³/mol. The van der Waals surface area contributed by atoms with Gasteiger partial charge in [0.25, 0.3) is 0 Å². The van der Waals surface area contributed by atoms with E-state index in [-0.39, 0.29) is 0 Å². The van der Waals surface area contributed by atoms with Gasteiger partial charge in [-0.15, -0.1) is 0 Å². The molecule has 0 saturated carbocycles. The molecule has 2 aliphatic heterocycles. The van der Waals surface area contributed by atoms with Gasteiger partial charge in [0.2, 0.25) is 0 Å². The van der Waals surface area contributed by atoms with E-state index in [0.717, 1.165) is 19.8 Å². The summed E-state index contributed by atoms with van der Waals surface area (Å²) in [7, 11) is 0. The van der Waals surface area contributed by atoms with Crippen molar-refractivity contribution in [3.8, 4) is 0 Å². The first kappa shape index (κ1) is 6.58. The van der Waals surface area contributed by atoms with Gasteiger partial charge in [0, 0.05) is 6.61 Å². The fourth-order valence-electron chi connectivity index (χ4n) is 1.50. The number of ether oxygens (including phenoxy) is 1. The Kier molecular flexibility index (Phi) is 1.44. The first-order valence-electron chi connectivity index (χ1n) is 3.98. The van der Waals surface area contributed by atoms with Gasteiger partial charge < -0.3 is 4.74 Å². The molecule has 2 atom stereocenters. The van der Waals surface area contributed by atoms with Gasteiger partial charge in [0.15, 0.2) is 0 Å². The van der Waals surface area contributed by atoms with Crippen molar-refractivity contribution < 1.29 is 4.74 Å². The van der Waals surface area contributed by atoms with Crippen molar-refractivity contribution in [2.75, 3.05) is 19.8 Å². The Morgan fingerprint density at radius 3 is 2.90 bits per heavy atom. The van der Waals surface area contributed by atoms with Crippen molar-refractivity contribution >= 4 is 0 Å². The Hall–Kier alpha value is -0.120. The SMILES string of the molecule is CCOCC1NC12CCN2. The van der Waals surface area contributed by atoms with Crippen LogP contribution >= 0.6 is 0 Å². The second-order valence-corrected chi connectivity index (χ2v) is 3.00. The minimum absolute atomic E-state index is 0.315. The maximum absolute atomic E-state index is 5.29. The molecule has 10 heavy (non-hydrogen) atoms. The second-order valence-electron chi connectivity index (χ2n) is 3.00. The standard InChI is InChI=1S/C7H14N2O/c1-2-10-5-6-7(9-6)3-4-8-7/h6,8-9H,2-5H2,1H3. The molecule has 2 unspecified atom stereocenters. The zero-order chi connectivity index (χ0) is 7.03. The normalized spacial score (nSPS) is 43.5. The largest absolute Gasteiger partial charge is 0.380 e. The molecule has 1 spiro atoms. The lowest BCUT2D eigenvalue weighted by atomic mass is 10.0. The van der Waals surface area contributed by atoms with Gasteiger partial charge in [-0.2, -0.15) is 0 Å². The first-order chi connectivity index (χ1) is 4.87. The highest BCUT2D eigenvalue weighted by Gasteiger charge is 2.57. The summed E-state index contributed by atoms with van der Waals surface area (Å²) in [4.78, 5) is 0. The molecule has 0 radical (unpaired) electrons. The van der Waals surface area contributed by atoms with Gasteiger partial charge in [0.05, 0.1) is 18.3 Å². The lowest BCUT2D eigenvalue weighted by Crippen LogP contribution is -2.50. The summed E-state index contributed by atoms with van der Waals surface area (Å²) in [6, 6.07) is 0.584. The molecule has 3 nitrogen and oxygen atoms in total. The van der Waals surface area contributed by atoms with Crippen molar-refractivity contribution in [1.29, 1.82) is 0 Å². The first-order valence-corrected chi connectivity index (χ1v) is 3.98. The summed E-state index contributed by atoms with van der Waals surface area (Å²) < 4.78 is 5.29. The predicted octanol–water partition coefficient (Wildman–Crippen LogP) is -0.316. The zero-order valence-corrected chi connectivity index (χ0v) is 6.31. The Bertz CT molecular complexity index is 134. The van der Waals surface area contributed by atoms with E-state index in [9.17, 15) is 0 Å². The summed E-state index contributed by atoms with van der Waals surface area (Å²) in [5.41, 5.74) is 0.315. The van der Waals surface area contributed by atoms with Crippen molar-refractivity contribution in [2.45, 2.75) is 25.0 Å². The molecule has 0 bridgehead atoms. The molecule has 0 aliphatic carbocycles. The second kappa shape index (κ2) is 2.19. The fourth-order valence-corrected chi connectivity index (χ4v) is 1.50.